The summed E-state index contributed by atoms with van der Waals surface area (Å²) in [5, 5.41) is 23.2. The fraction of sp³-hybridized carbons (Fsp3) is 0.286. The molecule has 2 aromatic carbocycles. The normalized spacial score (nSPS) is 11.4. The molecule has 3 rings (SSSR count). The van der Waals surface area contributed by atoms with E-state index in [2.05, 4.69) is 34.1 Å². The molecule has 12 heteroatoms. The zero-order valence-electron chi connectivity index (χ0n) is 18.2. The number of benzene rings is 2. The number of sulfonamides is 1. The largest absolute Gasteiger partial charge is 0.296 e. The van der Waals surface area contributed by atoms with E-state index in [1.807, 2.05) is 0 Å². The van der Waals surface area contributed by atoms with Crippen molar-refractivity contribution in [1.82, 2.24) is 10.2 Å². The summed E-state index contributed by atoms with van der Waals surface area (Å²) >= 11 is 1.33. The Morgan fingerprint density at radius 2 is 1.79 bits per heavy atom. The predicted octanol–water partition coefficient (Wildman–Crippen LogP) is 4.71. The number of rotatable bonds is 9. The van der Waals surface area contributed by atoms with Gasteiger partial charge in [-0.05, 0) is 50.1 Å². The van der Waals surface area contributed by atoms with Gasteiger partial charge in [0, 0.05) is 28.8 Å². The van der Waals surface area contributed by atoms with Gasteiger partial charge in [0.1, 0.15) is 5.01 Å². The van der Waals surface area contributed by atoms with Crippen LogP contribution in [0.3, 0.4) is 0 Å². The van der Waals surface area contributed by atoms with Crippen molar-refractivity contribution in [2.75, 3.05) is 10.0 Å². The number of hydrogen-bond acceptors (Lipinski definition) is 8. The monoisotopic (exact) mass is 489 g/mol. The standard InChI is InChI=1S/C21H23N5O5S2/c1-4-14(5-2)20-23-24-21(32-20)22-19(27)15-7-9-16(10-8-15)25-33(30,31)17-11-6-13(3)18(12-17)26(28)29/h6-12,14,25H,4-5H2,1-3H3,(H,22,24,27). The summed E-state index contributed by atoms with van der Waals surface area (Å²) in [6.07, 6.45) is 1.87. The van der Waals surface area contributed by atoms with Crippen molar-refractivity contribution in [1.29, 1.82) is 0 Å². The zero-order valence-corrected chi connectivity index (χ0v) is 19.9. The van der Waals surface area contributed by atoms with Crippen molar-refractivity contribution < 1.29 is 18.1 Å². The molecule has 0 aliphatic carbocycles. The molecule has 0 aliphatic rings. The Kier molecular flexibility index (Phi) is 7.39. The summed E-state index contributed by atoms with van der Waals surface area (Å²) in [5.41, 5.74) is 0.593. The van der Waals surface area contributed by atoms with Gasteiger partial charge in [0.25, 0.3) is 21.6 Å². The van der Waals surface area contributed by atoms with Crippen LogP contribution in [0.2, 0.25) is 0 Å². The summed E-state index contributed by atoms with van der Waals surface area (Å²) in [6, 6.07) is 9.49. The maximum atomic E-state index is 12.6. The molecule has 0 atom stereocenters. The SMILES string of the molecule is CCC(CC)c1nnc(NC(=O)c2ccc(NS(=O)(=O)c3ccc(C)c([N+](=O)[O-])c3)cc2)s1. The molecule has 10 nitrogen and oxygen atoms in total. The Balaban J connectivity index is 1.70. The molecule has 33 heavy (non-hydrogen) atoms. The third-order valence-corrected chi connectivity index (χ3v) is 7.46. The second kappa shape index (κ2) is 10.0. The molecule has 0 unspecified atom stereocenters. The Morgan fingerprint density at radius 1 is 1.12 bits per heavy atom. The summed E-state index contributed by atoms with van der Waals surface area (Å²) < 4.78 is 27.6. The van der Waals surface area contributed by atoms with E-state index in [0.29, 0.717) is 22.2 Å². The highest BCUT2D eigenvalue weighted by Crippen LogP contribution is 2.28. The predicted molar refractivity (Wildman–Crippen MR) is 126 cm³/mol. The van der Waals surface area contributed by atoms with Crippen molar-refractivity contribution in [3.63, 3.8) is 0 Å². The molecule has 1 aromatic heterocycles. The molecule has 2 N–H and O–H groups in total. The van der Waals surface area contributed by atoms with Crippen LogP contribution in [0, 0.1) is 17.0 Å². The molecule has 0 bridgehead atoms. The minimum atomic E-state index is -4.05. The van der Waals surface area contributed by atoms with Crippen molar-refractivity contribution in [2.24, 2.45) is 0 Å². The molecule has 0 radical (unpaired) electrons. The molecular weight excluding hydrogens is 466 g/mol. The molecule has 3 aromatic rings. The van der Waals surface area contributed by atoms with Gasteiger partial charge in [-0.15, -0.1) is 10.2 Å². The first kappa shape index (κ1) is 24.3. The van der Waals surface area contributed by atoms with Crippen LogP contribution in [-0.2, 0) is 10.0 Å². The average Bonchev–Trinajstić information content (AvgIpc) is 3.23. The van der Waals surface area contributed by atoms with Crippen LogP contribution in [-0.4, -0.2) is 29.4 Å². The van der Waals surface area contributed by atoms with Gasteiger partial charge in [0.2, 0.25) is 5.13 Å². The topological polar surface area (TPSA) is 144 Å². The number of nitro groups is 1. The molecule has 1 heterocycles. The van der Waals surface area contributed by atoms with Crippen molar-refractivity contribution >= 4 is 43.8 Å². The first-order chi connectivity index (χ1) is 15.6. The maximum absolute atomic E-state index is 12.6. The molecule has 0 fully saturated rings. The minimum Gasteiger partial charge on any atom is -0.296 e. The van der Waals surface area contributed by atoms with Gasteiger partial charge in [-0.1, -0.05) is 31.3 Å². The first-order valence-corrected chi connectivity index (χ1v) is 12.5. The van der Waals surface area contributed by atoms with Gasteiger partial charge in [-0.3, -0.25) is 24.9 Å². The number of nitro benzene ring substituents is 1. The van der Waals surface area contributed by atoms with E-state index in [-0.39, 0.29) is 16.3 Å². The van der Waals surface area contributed by atoms with Crippen molar-refractivity contribution in [3.05, 3.63) is 68.7 Å². The molecule has 0 saturated heterocycles. The lowest BCUT2D eigenvalue weighted by Crippen LogP contribution is -2.14. The number of nitrogens with one attached hydrogen (secondary N) is 2. The third kappa shape index (κ3) is 5.71. The lowest BCUT2D eigenvalue weighted by Gasteiger charge is -2.09. The molecule has 0 spiro atoms. The highest BCUT2D eigenvalue weighted by Gasteiger charge is 2.20. The number of aryl methyl sites for hydroxylation is 1. The van der Waals surface area contributed by atoms with E-state index in [1.165, 1.54) is 54.7 Å². The van der Waals surface area contributed by atoms with Gasteiger partial charge >= 0.3 is 0 Å². The van der Waals surface area contributed by atoms with Crippen LogP contribution in [0.15, 0.2) is 47.4 Å². The fourth-order valence-electron chi connectivity index (χ4n) is 3.11. The van der Waals surface area contributed by atoms with Gasteiger partial charge < -0.3 is 0 Å². The lowest BCUT2D eigenvalue weighted by molar-refractivity contribution is -0.385. The summed E-state index contributed by atoms with van der Waals surface area (Å²) in [7, 11) is -4.05. The molecule has 174 valence electrons. The Hall–Kier alpha value is -3.38. The Labute approximate surface area is 195 Å². The highest BCUT2D eigenvalue weighted by atomic mass is 32.2. The first-order valence-electron chi connectivity index (χ1n) is 10.2. The van der Waals surface area contributed by atoms with Crippen LogP contribution in [0.5, 0.6) is 0 Å². The lowest BCUT2D eigenvalue weighted by atomic mass is 10.1. The van der Waals surface area contributed by atoms with Gasteiger partial charge in [-0.2, -0.15) is 0 Å². The number of amides is 1. The third-order valence-electron chi connectivity index (χ3n) is 5.08. The van der Waals surface area contributed by atoms with Crippen molar-refractivity contribution in [3.8, 4) is 0 Å². The van der Waals surface area contributed by atoms with E-state index in [0.717, 1.165) is 23.9 Å². The average molecular weight is 490 g/mol. The van der Waals surface area contributed by atoms with Crippen molar-refractivity contribution in [2.45, 2.75) is 44.4 Å². The van der Waals surface area contributed by atoms with Crippen LogP contribution < -0.4 is 10.0 Å². The highest BCUT2D eigenvalue weighted by molar-refractivity contribution is 7.92. The number of anilines is 2. The number of carbonyl (C=O) groups excluding carboxylic acids is 1. The van der Waals surface area contributed by atoms with E-state index in [4.69, 9.17) is 0 Å². The summed E-state index contributed by atoms with van der Waals surface area (Å²) in [4.78, 5) is 22.7. The molecule has 1 amide bonds. The van der Waals surface area contributed by atoms with Gasteiger partial charge in [0.15, 0.2) is 0 Å². The Bertz CT molecular complexity index is 1270. The molecular formula is C21H23N5O5S2. The van der Waals surface area contributed by atoms with Gasteiger partial charge in [-0.25, -0.2) is 8.42 Å². The minimum absolute atomic E-state index is 0.210. The number of aromatic nitrogens is 2. The summed E-state index contributed by atoms with van der Waals surface area (Å²) in [5.74, 6) is -0.0961. The smallest absolute Gasteiger partial charge is 0.273 e. The van der Waals surface area contributed by atoms with Crippen LogP contribution >= 0.6 is 11.3 Å². The summed E-state index contributed by atoms with van der Waals surface area (Å²) in [6.45, 7) is 5.67. The second-order valence-corrected chi connectivity index (χ2v) is 9.99. The van der Waals surface area contributed by atoms with E-state index < -0.39 is 20.9 Å². The number of carbonyl (C=O) groups is 1. The van der Waals surface area contributed by atoms with Crippen LogP contribution in [0.1, 0.15) is 53.5 Å². The maximum Gasteiger partial charge on any atom is 0.273 e. The van der Waals surface area contributed by atoms with Gasteiger partial charge in [0.05, 0.1) is 9.82 Å². The van der Waals surface area contributed by atoms with Crippen LogP contribution in [0.4, 0.5) is 16.5 Å². The molecule has 0 aliphatic heterocycles. The second-order valence-electron chi connectivity index (χ2n) is 7.30. The number of hydrogen-bond donors (Lipinski definition) is 2. The van der Waals surface area contributed by atoms with E-state index in [1.54, 1.807) is 0 Å². The van der Waals surface area contributed by atoms with E-state index >= 15 is 0 Å². The number of nitrogens with zero attached hydrogens (tertiary/aromatic N) is 3. The molecule has 0 saturated carbocycles. The zero-order chi connectivity index (χ0) is 24.2. The fourth-order valence-corrected chi connectivity index (χ4v) is 5.20. The van der Waals surface area contributed by atoms with E-state index in [9.17, 15) is 23.3 Å². The quantitative estimate of drug-likeness (QED) is 0.327. The van der Waals surface area contributed by atoms with Crippen LogP contribution in [0.25, 0.3) is 0 Å². The Morgan fingerprint density at radius 3 is 2.39 bits per heavy atom.